The second kappa shape index (κ2) is 3.59. The molecule has 2 heterocycles. The predicted molar refractivity (Wildman–Crippen MR) is 54.0 cm³/mol. The quantitative estimate of drug-likeness (QED) is 0.772. The van der Waals surface area contributed by atoms with Crippen molar-refractivity contribution in [2.75, 3.05) is 0 Å². The minimum absolute atomic E-state index is 0.0280. The van der Waals surface area contributed by atoms with E-state index in [2.05, 4.69) is 9.97 Å². The number of nitrogens with zero attached hydrogens (tertiary/aromatic N) is 3. The van der Waals surface area contributed by atoms with Gasteiger partial charge in [0.2, 0.25) is 0 Å². The van der Waals surface area contributed by atoms with Gasteiger partial charge in [-0.25, -0.2) is 9.97 Å². The van der Waals surface area contributed by atoms with Crippen molar-refractivity contribution in [3.8, 4) is 5.82 Å². The van der Waals surface area contributed by atoms with E-state index in [-0.39, 0.29) is 6.04 Å². The van der Waals surface area contributed by atoms with E-state index >= 15 is 0 Å². The minimum Gasteiger partial charge on any atom is -0.324 e. The van der Waals surface area contributed by atoms with Crippen molar-refractivity contribution in [1.29, 1.82) is 0 Å². The molecule has 0 spiro atoms. The van der Waals surface area contributed by atoms with Crippen LogP contribution in [0.4, 0.5) is 0 Å². The molecule has 4 heteroatoms. The van der Waals surface area contributed by atoms with E-state index < -0.39 is 0 Å². The summed E-state index contributed by atoms with van der Waals surface area (Å²) in [6.07, 6.45) is 7.05. The summed E-state index contributed by atoms with van der Waals surface area (Å²) in [6.45, 7) is 1.95. The van der Waals surface area contributed by atoms with Crippen molar-refractivity contribution in [3.63, 3.8) is 0 Å². The molecule has 0 saturated heterocycles. The molecule has 2 N–H and O–H groups in total. The maximum Gasteiger partial charge on any atom is 0.138 e. The third kappa shape index (κ3) is 1.65. The molecule has 0 amide bonds. The van der Waals surface area contributed by atoms with Crippen molar-refractivity contribution >= 4 is 0 Å². The molecule has 0 fully saturated rings. The Bertz CT molecular complexity index is 406. The molecule has 0 aliphatic rings. The van der Waals surface area contributed by atoms with Gasteiger partial charge in [-0.15, -0.1) is 0 Å². The summed E-state index contributed by atoms with van der Waals surface area (Å²) in [5, 5.41) is 0. The molecule has 0 radical (unpaired) electrons. The summed E-state index contributed by atoms with van der Waals surface area (Å²) >= 11 is 0. The molecule has 0 aliphatic heterocycles. The summed E-state index contributed by atoms with van der Waals surface area (Å²) in [5.41, 5.74) is 6.86. The molecule has 2 aromatic heterocycles. The number of aromatic nitrogens is 3. The smallest absolute Gasteiger partial charge is 0.138 e. The van der Waals surface area contributed by atoms with Gasteiger partial charge in [-0.2, -0.15) is 0 Å². The maximum absolute atomic E-state index is 5.78. The van der Waals surface area contributed by atoms with Crippen molar-refractivity contribution < 1.29 is 0 Å². The average Bonchev–Trinajstić information content (AvgIpc) is 2.71. The van der Waals surface area contributed by atoms with Gasteiger partial charge in [-0.05, 0) is 24.6 Å². The molecule has 0 aliphatic carbocycles. The third-order valence-corrected chi connectivity index (χ3v) is 2.06. The summed E-state index contributed by atoms with van der Waals surface area (Å²) in [6, 6.07) is 3.91. The summed E-state index contributed by atoms with van der Waals surface area (Å²) in [7, 11) is 0. The zero-order valence-corrected chi connectivity index (χ0v) is 7.96. The molecular formula is C10H12N4. The summed E-state index contributed by atoms with van der Waals surface area (Å²) < 4.78 is 1.85. The Hall–Kier alpha value is -1.68. The van der Waals surface area contributed by atoms with Gasteiger partial charge in [-0.1, -0.05) is 0 Å². The summed E-state index contributed by atoms with van der Waals surface area (Å²) in [4.78, 5) is 8.20. The minimum atomic E-state index is 0.0280. The highest BCUT2D eigenvalue weighted by atomic mass is 15.1. The SMILES string of the molecule is C[C@H](N)c1ccnc(-n2ccnc2)c1. The molecule has 72 valence electrons. The normalized spacial score (nSPS) is 12.7. The van der Waals surface area contributed by atoms with E-state index in [1.54, 1.807) is 18.7 Å². The van der Waals surface area contributed by atoms with Crippen LogP contribution >= 0.6 is 0 Å². The lowest BCUT2D eigenvalue weighted by Crippen LogP contribution is -2.06. The van der Waals surface area contributed by atoms with Crippen molar-refractivity contribution in [3.05, 3.63) is 42.6 Å². The number of rotatable bonds is 2. The van der Waals surface area contributed by atoms with Crippen LogP contribution in [0.5, 0.6) is 0 Å². The number of hydrogen-bond acceptors (Lipinski definition) is 3. The van der Waals surface area contributed by atoms with Gasteiger partial charge in [0.15, 0.2) is 0 Å². The molecular weight excluding hydrogens is 176 g/mol. The first-order valence-corrected chi connectivity index (χ1v) is 4.47. The molecule has 0 unspecified atom stereocenters. The Labute approximate surface area is 82.4 Å². The Morgan fingerprint density at radius 3 is 2.93 bits per heavy atom. The van der Waals surface area contributed by atoms with Gasteiger partial charge < -0.3 is 5.73 Å². The van der Waals surface area contributed by atoms with Gasteiger partial charge in [0.25, 0.3) is 0 Å². The fourth-order valence-corrected chi connectivity index (χ4v) is 1.25. The highest BCUT2D eigenvalue weighted by molar-refractivity contribution is 5.29. The predicted octanol–water partition coefficient (Wildman–Crippen LogP) is 1.29. The van der Waals surface area contributed by atoms with E-state index in [1.165, 1.54) is 0 Å². The van der Waals surface area contributed by atoms with Crippen LogP contribution in [0, 0.1) is 0 Å². The molecule has 2 aromatic rings. The van der Waals surface area contributed by atoms with E-state index in [1.807, 2.05) is 29.8 Å². The lowest BCUT2D eigenvalue weighted by Gasteiger charge is -2.07. The van der Waals surface area contributed by atoms with Crippen LogP contribution < -0.4 is 5.73 Å². The van der Waals surface area contributed by atoms with Crippen LogP contribution in [0.25, 0.3) is 5.82 Å². The second-order valence-corrected chi connectivity index (χ2v) is 3.21. The Morgan fingerprint density at radius 1 is 1.43 bits per heavy atom. The van der Waals surface area contributed by atoms with Gasteiger partial charge in [0, 0.05) is 24.6 Å². The van der Waals surface area contributed by atoms with Gasteiger partial charge in [-0.3, -0.25) is 4.57 Å². The number of hydrogen-bond donors (Lipinski definition) is 1. The van der Waals surface area contributed by atoms with E-state index in [0.29, 0.717) is 0 Å². The monoisotopic (exact) mass is 188 g/mol. The zero-order valence-electron chi connectivity index (χ0n) is 7.96. The van der Waals surface area contributed by atoms with Crippen molar-refractivity contribution in [2.24, 2.45) is 5.73 Å². The van der Waals surface area contributed by atoms with Gasteiger partial charge in [0.1, 0.15) is 12.1 Å². The van der Waals surface area contributed by atoms with Crippen LogP contribution in [0.3, 0.4) is 0 Å². The standard InChI is InChI=1S/C10H12N4/c1-8(11)9-2-3-13-10(6-9)14-5-4-12-7-14/h2-8H,11H2,1H3/t8-/m0/s1. The highest BCUT2D eigenvalue weighted by Crippen LogP contribution is 2.12. The fourth-order valence-electron chi connectivity index (χ4n) is 1.25. The van der Waals surface area contributed by atoms with E-state index in [9.17, 15) is 0 Å². The van der Waals surface area contributed by atoms with Crippen molar-refractivity contribution in [1.82, 2.24) is 14.5 Å². The van der Waals surface area contributed by atoms with Crippen LogP contribution in [-0.2, 0) is 0 Å². The van der Waals surface area contributed by atoms with Gasteiger partial charge in [0.05, 0.1) is 0 Å². The lowest BCUT2D eigenvalue weighted by molar-refractivity contribution is 0.810. The first-order chi connectivity index (χ1) is 6.77. The largest absolute Gasteiger partial charge is 0.324 e. The third-order valence-electron chi connectivity index (χ3n) is 2.06. The molecule has 0 bridgehead atoms. The Balaban J connectivity index is 2.41. The molecule has 1 atom stereocenters. The van der Waals surface area contributed by atoms with Crippen LogP contribution in [0.15, 0.2) is 37.1 Å². The van der Waals surface area contributed by atoms with E-state index in [0.717, 1.165) is 11.4 Å². The summed E-state index contributed by atoms with van der Waals surface area (Å²) in [5.74, 6) is 0.845. The van der Waals surface area contributed by atoms with Crippen LogP contribution in [-0.4, -0.2) is 14.5 Å². The zero-order chi connectivity index (χ0) is 9.97. The maximum atomic E-state index is 5.78. The lowest BCUT2D eigenvalue weighted by atomic mass is 10.1. The van der Waals surface area contributed by atoms with Crippen molar-refractivity contribution in [2.45, 2.75) is 13.0 Å². The topological polar surface area (TPSA) is 56.7 Å². The first-order valence-electron chi connectivity index (χ1n) is 4.47. The molecule has 2 rings (SSSR count). The fraction of sp³-hybridized carbons (Fsp3) is 0.200. The highest BCUT2D eigenvalue weighted by Gasteiger charge is 2.02. The number of imidazole rings is 1. The van der Waals surface area contributed by atoms with Gasteiger partial charge >= 0.3 is 0 Å². The molecule has 0 saturated carbocycles. The molecule has 14 heavy (non-hydrogen) atoms. The Morgan fingerprint density at radius 2 is 2.29 bits per heavy atom. The number of nitrogens with two attached hydrogens (primary N) is 1. The van der Waals surface area contributed by atoms with Crippen LogP contribution in [0.2, 0.25) is 0 Å². The van der Waals surface area contributed by atoms with E-state index in [4.69, 9.17) is 5.73 Å². The Kier molecular flexibility index (Phi) is 2.28. The number of pyridine rings is 1. The average molecular weight is 188 g/mol. The molecule has 4 nitrogen and oxygen atoms in total. The van der Waals surface area contributed by atoms with Crippen LogP contribution in [0.1, 0.15) is 18.5 Å². The first kappa shape index (κ1) is 8.90. The molecule has 0 aromatic carbocycles. The second-order valence-electron chi connectivity index (χ2n) is 3.21.